The van der Waals surface area contributed by atoms with Crippen LogP contribution in [0, 0.1) is 12.3 Å². The lowest BCUT2D eigenvalue weighted by Gasteiger charge is -2.40. The van der Waals surface area contributed by atoms with Crippen molar-refractivity contribution in [2.75, 3.05) is 23.3 Å². The van der Waals surface area contributed by atoms with E-state index >= 15 is 0 Å². The summed E-state index contributed by atoms with van der Waals surface area (Å²) in [5, 5.41) is 10.8. The third-order valence-electron chi connectivity index (χ3n) is 7.42. The Kier molecular flexibility index (Phi) is 7.33. The highest BCUT2D eigenvalue weighted by molar-refractivity contribution is 5.83. The van der Waals surface area contributed by atoms with Gasteiger partial charge < -0.3 is 15.5 Å². The number of hydrogen-bond donors (Lipinski definition) is 4. The minimum absolute atomic E-state index is 0.104. The predicted octanol–water partition coefficient (Wildman–Crippen LogP) is 2.30. The van der Waals surface area contributed by atoms with Gasteiger partial charge in [-0.3, -0.25) is 10.2 Å². The summed E-state index contributed by atoms with van der Waals surface area (Å²) in [5.41, 5.74) is 7.97. The van der Waals surface area contributed by atoms with Gasteiger partial charge in [0.25, 0.3) is 0 Å². The molecule has 196 valence electrons. The average molecular weight is 505 g/mol. The minimum Gasteiger partial charge on any atom is -0.353 e. The summed E-state index contributed by atoms with van der Waals surface area (Å²) in [4.78, 5) is 29.5. The molecule has 2 aliphatic rings. The van der Waals surface area contributed by atoms with Crippen LogP contribution in [0.15, 0.2) is 42.9 Å². The summed E-state index contributed by atoms with van der Waals surface area (Å²) in [6, 6.07) is 8.13. The Bertz CT molecular complexity index is 1190. The Labute approximate surface area is 217 Å². The molecule has 3 aromatic rings. The number of aryl methyl sites for hydroxylation is 1. The molecule has 2 saturated heterocycles. The second-order valence-electron chi connectivity index (χ2n) is 10.1. The molecular weight excluding hydrogens is 468 g/mol. The van der Waals surface area contributed by atoms with Crippen LogP contribution < -0.4 is 26.4 Å². The van der Waals surface area contributed by atoms with Crippen molar-refractivity contribution in [3.63, 3.8) is 0 Å². The van der Waals surface area contributed by atoms with Crippen LogP contribution in [0.3, 0.4) is 0 Å². The minimum atomic E-state index is -0.389. The quantitative estimate of drug-likeness (QED) is 0.366. The highest BCUT2D eigenvalue weighted by Crippen LogP contribution is 2.36. The zero-order valence-corrected chi connectivity index (χ0v) is 21.7. The molecule has 4 N–H and O–H groups in total. The van der Waals surface area contributed by atoms with Crippen LogP contribution in [0.1, 0.15) is 50.8 Å². The predicted molar refractivity (Wildman–Crippen MR) is 142 cm³/mol. The first-order valence-corrected chi connectivity index (χ1v) is 13.1. The summed E-state index contributed by atoms with van der Waals surface area (Å²) in [6.07, 6.45) is 8.78. The molecule has 11 heteroatoms. The molecular formula is C26H36N10O. The lowest BCUT2D eigenvalue weighted by molar-refractivity contribution is -0.132. The van der Waals surface area contributed by atoms with E-state index < -0.39 is 0 Å². The first kappa shape index (κ1) is 25.1. The number of anilines is 2. The van der Waals surface area contributed by atoms with Gasteiger partial charge in [-0.05, 0) is 57.2 Å². The normalized spacial score (nSPS) is 21.1. The molecule has 0 saturated carbocycles. The zero-order valence-electron chi connectivity index (χ0n) is 21.7. The smallest absolute Gasteiger partial charge is 0.227 e. The number of piperidine rings is 1. The number of nitrogens with zero attached hydrogens (tertiary/aromatic N) is 6. The van der Waals surface area contributed by atoms with E-state index in [0.29, 0.717) is 12.6 Å². The number of nitrogens with one attached hydrogen (secondary N) is 4. The van der Waals surface area contributed by atoms with Crippen LogP contribution in [0.2, 0.25) is 0 Å². The van der Waals surface area contributed by atoms with E-state index in [1.165, 1.54) is 0 Å². The van der Waals surface area contributed by atoms with Crippen molar-refractivity contribution >= 4 is 17.7 Å². The summed E-state index contributed by atoms with van der Waals surface area (Å²) in [5.74, 6) is 2.38. The van der Waals surface area contributed by atoms with Gasteiger partial charge in [0, 0.05) is 56.0 Å². The topological polar surface area (TPSA) is 125 Å². The molecule has 0 bridgehead atoms. The molecule has 11 nitrogen and oxygen atoms in total. The maximum absolute atomic E-state index is 13.3. The van der Waals surface area contributed by atoms with E-state index in [4.69, 9.17) is 9.97 Å². The van der Waals surface area contributed by atoms with Crippen LogP contribution in [-0.2, 0) is 11.3 Å². The first-order valence-electron chi connectivity index (χ1n) is 13.1. The Hall–Kier alpha value is -3.57. The molecule has 0 aromatic carbocycles. The number of aromatic nitrogens is 5. The van der Waals surface area contributed by atoms with Crippen molar-refractivity contribution in [2.24, 2.45) is 5.41 Å². The fourth-order valence-electron chi connectivity index (χ4n) is 5.06. The number of hydrogen-bond acceptors (Lipinski definition) is 9. The second kappa shape index (κ2) is 10.8. The van der Waals surface area contributed by atoms with E-state index in [0.717, 1.165) is 67.6 Å². The van der Waals surface area contributed by atoms with Crippen molar-refractivity contribution in [1.82, 2.24) is 40.9 Å². The van der Waals surface area contributed by atoms with Crippen LogP contribution in [0.4, 0.5) is 11.8 Å². The number of amides is 1. The van der Waals surface area contributed by atoms with Crippen LogP contribution in [0.25, 0.3) is 5.82 Å². The molecule has 5 rings (SSSR count). The van der Waals surface area contributed by atoms with Crippen molar-refractivity contribution in [3.05, 3.63) is 54.1 Å². The first-order chi connectivity index (χ1) is 17.9. The van der Waals surface area contributed by atoms with Crippen LogP contribution >= 0.6 is 0 Å². The van der Waals surface area contributed by atoms with Gasteiger partial charge in [0.2, 0.25) is 11.9 Å². The maximum atomic E-state index is 13.3. The van der Waals surface area contributed by atoms with Crippen LogP contribution in [0.5, 0.6) is 0 Å². The molecule has 5 heterocycles. The number of hydrazine groups is 1. The van der Waals surface area contributed by atoms with Crippen molar-refractivity contribution < 1.29 is 4.79 Å². The van der Waals surface area contributed by atoms with E-state index in [-0.39, 0.29) is 17.5 Å². The molecule has 0 radical (unpaired) electrons. The van der Waals surface area contributed by atoms with Gasteiger partial charge in [0.1, 0.15) is 5.82 Å². The van der Waals surface area contributed by atoms with Gasteiger partial charge in [-0.2, -0.15) is 10.1 Å². The lowest BCUT2D eigenvalue weighted by Crippen LogP contribution is -2.49. The molecule has 0 aliphatic carbocycles. The van der Waals surface area contributed by atoms with E-state index in [2.05, 4.69) is 50.3 Å². The molecule has 3 aromatic heterocycles. The Morgan fingerprint density at radius 2 is 2.05 bits per heavy atom. The van der Waals surface area contributed by atoms with Crippen molar-refractivity contribution in [1.29, 1.82) is 0 Å². The van der Waals surface area contributed by atoms with Gasteiger partial charge in [-0.1, -0.05) is 13.0 Å². The summed E-state index contributed by atoms with van der Waals surface area (Å²) < 4.78 is 1.71. The second-order valence-corrected chi connectivity index (χ2v) is 10.1. The number of carbonyl (C=O) groups is 1. The lowest BCUT2D eigenvalue weighted by atomic mass is 9.75. The Morgan fingerprint density at radius 1 is 1.22 bits per heavy atom. The van der Waals surface area contributed by atoms with Crippen molar-refractivity contribution in [3.8, 4) is 5.82 Å². The average Bonchev–Trinajstić information content (AvgIpc) is 3.59. The Balaban J connectivity index is 1.18. The fraction of sp³-hybridized carbons (Fsp3) is 0.500. The molecule has 2 unspecified atom stereocenters. The molecule has 37 heavy (non-hydrogen) atoms. The zero-order chi connectivity index (χ0) is 25.8. The van der Waals surface area contributed by atoms with E-state index in [1.807, 2.05) is 37.4 Å². The standard InChI is InChI=1S/C26H36N10O/c1-4-26(24(37)28-17-20-6-7-23(27-16-20)36-11-5-10-29-36)8-12-35(13-9-26)25-30-18(2)14-21(32-25)31-22-15-19(3)33-34-22/h5-7,10-11,14,16,19,22,33-34H,4,8-9,12-13,15,17H2,1-3H3,(H,28,37)(H,30,31,32). The van der Waals surface area contributed by atoms with Gasteiger partial charge in [0.15, 0.2) is 5.82 Å². The molecule has 2 aliphatic heterocycles. The summed E-state index contributed by atoms with van der Waals surface area (Å²) in [6.45, 7) is 8.17. The number of carbonyl (C=O) groups excluding carboxylic acids is 1. The van der Waals surface area contributed by atoms with Crippen LogP contribution in [-0.4, -0.2) is 55.9 Å². The molecule has 2 fully saturated rings. The monoisotopic (exact) mass is 504 g/mol. The van der Waals surface area contributed by atoms with Gasteiger partial charge in [0.05, 0.1) is 11.6 Å². The van der Waals surface area contributed by atoms with E-state index in [1.54, 1.807) is 17.1 Å². The fourth-order valence-corrected chi connectivity index (χ4v) is 5.06. The van der Waals surface area contributed by atoms with Crippen molar-refractivity contribution in [2.45, 2.75) is 65.2 Å². The summed E-state index contributed by atoms with van der Waals surface area (Å²) in [7, 11) is 0. The third kappa shape index (κ3) is 5.72. The Morgan fingerprint density at radius 3 is 2.70 bits per heavy atom. The van der Waals surface area contributed by atoms with Gasteiger partial charge >= 0.3 is 0 Å². The highest BCUT2D eigenvalue weighted by Gasteiger charge is 2.40. The van der Waals surface area contributed by atoms with E-state index in [9.17, 15) is 4.79 Å². The largest absolute Gasteiger partial charge is 0.353 e. The molecule has 0 spiro atoms. The van der Waals surface area contributed by atoms with Gasteiger partial charge in [-0.15, -0.1) is 0 Å². The maximum Gasteiger partial charge on any atom is 0.227 e. The molecule has 2 atom stereocenters. The number of pyridine rings is 1. The number of rotatable bonds is 8. The molecule has 1 amide bonds. The van der Waals surface area contributed by atoms with Gasteiger partial charge in [-0.25, -0.2) is 20.1 Å². The SMILES string of the molecule is CCC1(C(=O)NCc2ccc(-n3cccn3)nc2)CCN(c2nc(C)cc(NC3CC(C)NN3)n2)CC1. The highest BCUT2D eigenvalue weighted by atomic mass is 16.2. The summed E-state index contributed by atoms with van der Waals surface area (Å²) >= 11 is 0. The third-order valence-corrected chi connectivity index (χ3v) is 7.42.